The summed E-state index contributed by atoms with van der Waals surface area (Å²) in [4.78, 5) is 15.7. The van der Waals surface area contributed by atoms with Crippen molar-refractivity contribution in [3.05, 3.63) is 47.7 Å². The summed E-state index contributed by atoms with van der Waals surface area (Å²) in [6.45, 7) is 0.130. The summed E-state index contributed by atoms with van der Waals surface area (Å²) in [5, 5.41) is 0. The molecule has 0 bridgehead atoms. The van der Waals surface area contributed by atoms with Gasteiger partial charge in [0.2, 0.25) is 0 Å². The zero-order valence-corrected chi connectivity index (χ0v) is 11.1. The summed E-state index contributed by atoms with van der Waals surface area (Å²) in [7, 11) is 1.39. The highest BCUT2D eigenvalue weighted by molar-refractivity contribution is 5.58. The van der Waals surface area contributed by atoms with Crippen molar-refractivity contribution in [3.8, 4) is 6.01 Å². The van der Waals surface area contributed by atoms with Crippen LogP contribution in [0.3, 0.4) is 0 Å². The first-order valence-electron chi connectivity index (χ1n) is 5.90. The Morgan fingerprint density at radius 1 is 1.29 bits per heavy atom. The molecule has 2 rings (SSSR count). The number of aliphatic imine (C=N–C) groups is 1. The minimum absolute atomic E-state index is 0.0368. The van der Waals surface area contributed by atoms with Crippen molar-refractivity contribution in [2.45, 2.75) is 6.61 Å². The molecule has 1 heterocycles. The summed E-state index contributed by atoms with van der Waals surface area (Å²) in [6.07, 6.45) is 2.08. The largest absolute Gasteiger partial charge is 0.459 e. The molecule has 0 aliphatic heterocycles. The van der Waals surface area contributed by atoms with Crippen LogP contribution in [0.1, 0.15) is 5.56 Å². The molecular weight excluding hydrogens is 282 g/mol. The first kappa shape index (κ1) is 14.8. The van der Waals surface area contributed by atoms with Crippen molar-refractivity contribution in [1.29, 1.82) is 0 Å². The Morgan fingerprint density at radius 3 is 2.76 bits per heavy atom. The number of hydrogen-bond donors (Lipinski definition) is 1. The number of hydroxylamine groups is 1. The predicted molar refractivity (Wildman–Crippen MR) is 71.0 cm³/mol. The molecule has 0 fully saturated rings. The average Bonchev–Trinajstić information content (AvgIpc) is 2.49. The number of benzene rings is 1. The van der Waals surface area contributed by atoms with Gasteiger partial charge in [-0.2, -0.15) is 4.98 Å². The van der Waals surface area contributed by atoms with E-state index in [1.807, 2.05) is 0 Å². The first-order valence-corrected chi connectivity index (χ1v) is 5.90. The monoisotopic (exact) mass is 294 g/mol. The zero-order valence-electron chi connectivity index (χ0n) is 11.1. The molecule has 1 N–H and O–H groups in total. The number of hydrogen-bond acceptors (Lipinski definition) is 5. The van der Waals surface area contributed by atoms with Crippen molar-refractivity contribution in [2.75, 3.05) is 7.11 Å². The SMILES string of the molecule is CONC=Nc1nc(OCc2ccc(F)cc2)ncc1F. The highest BCUT2D eigenvalue weighted by Gasteiger charge is 2.06. The molecule has 0 spiro atoms. The van der Waals surface area contributed by atoms with Crippen molar-refractivity contribution in [1.82, 2.24) is 15.4 Å². The molecule has 8 heteroatoms. The molecule has 0 aliphatic carbocycles. The molecule has 2 aromatic rings. The normalized spacial score (nSPS) is 10.8. The second kappa shape index (κ2) is 7.25. The van der Waals surface area contributed by atoms with Crippen LogP contribution in [-0.2, 0) is 11.4 Å². The molecule has 21 heavy (non-hydrogen) atoms. The van der Waals surface area contributed by atoms with Crippen LogP contribution in [0, 0.1) is 11.6 Å². The van der Waals surface area contributed by atoms with Crippen molar-refractivity contribution in [3.63, 3.8) is 0 Å². The lowest BCUT2D eigenvalue weighted by molar-refractivity contribution is 0.148. The Morgan fingerprint density at radius 2 is 2.05 bits per heavy atom. The molecule has 0 aliphatic rings. The van der Waals surface area contributed by atoms with Crippen LogP contribution in [0.15, 0.2) is 35.5 Å². The van der Waals surface area contributed by atoms with E-state index in [9.17, 15) is 8.78 Å². The second-order valence-electron chi connectivity index (χ2n) is 3.82. The van der Waals surface area contributed by atoms with Crippen LogP contribution >= 0.6 is 0 Å². The highest BCUT2D eigenvalue weighted by atomic mass is 19.1. The third kappa shape index (κ3) is 4.46. The number of halogens is 2. The van der Waals surface area contributed by atoms with Crippen LogP contribution < -0.4 is 10.2 Å². The third-order valence-electron chi connectivity index (χ3n) is 2.34. The van der Waals surface area contributed by atoms with E-state index in [-0.39, 0.29) is 24.3 Å². The maximum atomic E-state index is 13.4. The van der Waals surface area contributed by atoms with Gasteiger partial charge in [-0.1, -0.05) is 12.1 Å². The predicted octanol–water partition coefficient (Wildman–Crippen LogP) is 2.14. The molecule has 1 aromatic carbocycles. The molecular formula is C13H12F2N4O2. The Kier molecular flexibility index (Phi) is 5.10. The van der Waals surface area contributed by atoms with E-state index in [2.05, 4.69) is 25.3 Å². The van der Waals surface area contributed by atoms with Crippen molar-refractivity contribution >= 4 is 12.2 Å². The van der Waals surface area contributed by atoms with E-state index in [1.165, 1.54) is 19.2 Å². The smallest absolute Gasteiger partial charge is 0.318 e. The van der Waals surface area contributed by atoms with Gasteiger partial charge in [0.1, 0.15) is 18.8 Å². The fourth-order valence-electron chi connectivity index (χ4n) is 1.37. The van der Waals surface area contributed by atoms with E-state index < -0.39 is 5.82 Å². The molecule has 1 aromatic heterocycles. The van der Waals surface area contributed by atoms with Gasteiger partial charge in [0.05, 0.1) is 13.3 Å². The maximum absolute atomic E-state index is 13.4. The zero-order chi connectivity index (χ0) is 15.1. The summed E-state index contributed by atoms with van der Waals surface area (Å²) in [5.74, 6) is -1.22. The number of nitrogens with one attached hydrogen (secondary N) is 1. The summed E-state index contributed by atoms with van der Waals surface area (Å²) in [5.41, 5.74) is 3.04. The van der Waals surface area contributed by atoms with Crippen LogP contribution in [-0.4, -0.2) is 23.4 Å². The lowest BCUT2D eigenvalue weighted by Crippen LogP contribution is -2.07. The minimum atomic E-state index is -0.696. The minimum Gasteiger partial charge on any atom is -0.459 e. The standard InChI is InChI=1S/C13H12F2N4O2/c1-20-18-8-17-12-11(15)6-16-13(19-12)21-7-9-2-4-10(14)5-3-9/h2-6,8H,7H2,1H3,(H,16,17,18,19). The molecule has 0 unspecified atom stereocenters. The molecule has 0 saturated carbocycles. The van der Waals surface area contributed by atoms with Gasteiger partial charge < -0.3 is 4.74 Å². The number of rotatable bonds is 6. The quantitative estimate of drug-likeness (QED) is 0.502. The number of aromatic nitrogens is 2. The van der Waals surface area contributed by atoms with Crippen LogP contribution in [0.2, 0.25) is 0 Å². The molecule has 6 nitrogen and oxygen atoms in total. The van der Waals surface area contributed by atoms with E-state index >= 15 is 0 Å². The molecule has 110 valence electrons. The third-order valence-corrected chi connectivity index (χ3v) is 2.34. The summed E-state index contributed by atoms with van der Waals surface area (Å²) in [6, 6.07) is 5.73. The fourth-order valence-corrected chi connectivity index (χ4v) is 1.37. The molecule has 0 radical (unpaired) electrons. The highest BCUT2D eigenvalue weighted by Crippen LogP contribution is 2.16. The van der Waals surface area contributed by atoms with E-state index in [0.717, 1.165) is 18.1 Å². The van der Waals surface area contributed by atoms with E-state index in [1.54, 1.807) is 12.1 Å². The molecule has 0 atom stereocenters. The van der Waals surface area contributed by atoms with Gasteiger partial charge >= 0.3 is 6.01 Å². The van der Waals surface area contributed by atoms with Gasteiger partial charge in [-0.05, 0) is 17.7 Å². The van der Waals surface area contributed by atoms with E-state index in [0.29, 0.717) is 0 Å². The average molecular weight is 294 g/mol. The van der Waals surface area contributed by atoms with Gasteiger partial charge in [-0.25, -0.2) is 18.8 Å². The maximum Gasteiger partial charge on any atom is 0.318 e. The Bertz CT molecular complexity index is 620. The Hall–Kier alpha value is -2.61. The van der Waals surface area contributed by atoms with E-state index in [4.69, 9.17) is 4.74 Å². The molecule has 0 saturated heterocycles. The lowest BCUT2D eigenvalue weighted by atomic mass is 10.2. The number of ether oxygens (including phenoxy) is 1. The summed E-state index contributed by atoms with van der Waals surface area (Å²) >= 11 is 0. The van der Waals surface area contributed by atoms with Gasteiger partial charge in [-0.3, -0.25) is 10.3 Å². The number of nitrogens with zero attached hydrogens (tertiary/aromatic N) is 3. The van der Waals surface area contributed by atoms with Crippen LogP contribution in [0.5, 0.6) is 6.01 Å². The van der Waals surface area contributed by atoms with Crippen LogP contribution in [0.25, 0.3) is 0 Å². The lowest BCUT2D eigenvalue weighted by Gasteiger charge is -2.05. The van der Waals surface area contributed by atoms with Crippen molar-refractivity contribution < 1.29 is 18.4 Å². The molecule has 0 amide bonds. The van der Waals surface area contributed by atoms with Crippen LogP contribution in [0.4, 0.5) is 14.6 Å². The van der Waals surface area contributed by atoms with Gasteiger partial charge in [-0.15, -0.1) is 0 Å². The van der Waals surface area contributed by atoms with Crippen molar-refractivity contribution in [2.24, 2.45) is 4.99 Å². The Balaban J connectivity index is 2.03. The first-order chi connectivity index (χ1) is 10.2. The van der Waals surface area contributed by atoms with Gasteiger partial charge in [0.25, 0.3) is 0 Å². The topological polar surface area (TPSA) is 68.6 Å². The van der Waals surface area contributed by atoms with Gasteiger partial charge in [0.15, 0.2) is 11.6 Å². The second-order valence-corrected chi connectivity index (χ2v) is 3.82. The van der Waals surface area contributed by atoms with Gasteiger partial charge in [0, 0.05) is 0 Å². The Labute approximate surface area is 119 Å². The fraction of sp³-hybridized carbons (Fsp3) is 0.154. The summed E-state index contributed by atoms with van der Waals surface area (Å²) < 4.78 is 31.5.